The lowest BCUT2D eigenvalue weighted by Gasteiger charge is -2.22. The van der Waals surface area contributed by atoms with E-state index in [0.717, 1.165) is 9.99 Å². The van der Waals surface area contributed by atoms with Gasteiger partial charge in [-0.2, -0.15) is 5.10 Å². The molecule has 0 atom stereocenters. The van der Waals surface area contributed by atoms with Crippen molar-refractivity contribution in [3.8, 4) is 0 Å². The molecule has 0 radical (unpaired) electrons. The average Bonchev–Trinajstić information content (AvgIpc) is 2.65. The summed E-state index contributed by atoms with van der Waals surface area (Å²) in [5.41, 5.74) is 2.55. The first-order valence-electron chi connectivity index (χ1n) is 6.38. The minimum absolute atomic E-state index is 0.708. The first-order chi connectivity index (χ1) is 8.25. The smallest absolute Gasteiger partial charge is 0.0937 e. The van der Waals surface area contributed by atoms with Crippen molar-refractivity contribution in [2.75, 3.05) is 0 Å². The van der Waals surface area contributed by atoms with E-state index in [4.69, 9.17) is 0 Å². The second-order valence-electron chi connectivity index (χ2n) is 5.01. The van der Waals surface area contributed by atoms with Crippen LogP contribution in [-0.2, 0) is 7.05 Å². The van der Waals surface area contributed by atoms with Crippen LogP contribution in [0, 0.1) is 0 Å². The molecular weight excluding hydrogens is 276 g/mol. The van der Waals surface area contributed by atoms with Crippen molar-refractivity contribution in [3.05, 3.63) is 28.4 Å². The van der Waals surface area contributed by atoms with Crippen molar-refractivity contribution in [1.82, 2.24) is 9.78 Å². The fourth-order valence-corrected chi connectivity index (χ4v) is 3.40. The van der Waals surface area contributed by atoms with Gasteiger partial charge in [0.1, 0.15) is 0 Å². The van der Waals surface area contributed by atoms with Gasteiger partial charge in [-0.3, -0.25) is 4.68 Å². The summed E-state index contributed by atoms with van der Waals surface area (Å²) < 4.78 is 3.20. The fourth-order valence-electron chi connectivity index (χ4n) is 3.05. The van der Waals surface area contributed by atoms with Crippen LogP contribution in [0.1, 0.15) is 43.7 Å². The summed E-state index contributed by atoms with van der Waals surface area (Å²) in [6.07, 6.45) is 6.79. The summed E-state index contributed by atoms with van der Waals surface area (Å²) in [6.45, 7) is 0. The number of halogens is 1. The van der Waals surface area contributed by atoms with Crippen LogP contribution < -0.4 is 0 Å². The van der Waals surface area contributed by atoms with E-state index in [2.05, 4.69) is 51.0 Å². The molecule has 90 valence electrons. The average molecular weight is 293 g/mol. The van der Waals surface area contributed by atoms with E-state index in [0.29, 0.717) is 5.92 Å². The monoisotopic (exact) mass is 292 g/mol. The van der Waals surface area contributed by atoms with E-state index in [1.54, 1.807) is 0 Å². The normalized spacial score (nSPS) is 17.8. The van der Waals surface area contributed by atoms with Crippen LogP contribution in [0.25, 0.3) is 10.9 Å². The standard InChI is InChI=1S/C14H17BrN2/c1-17-14(10-5-3-2-4-6-10)12-8-7-11(15)9-13(12)16-17/h7-10H,2-6H2,1H3. The first-order valence-corrected chi connectivity index (χ1v) is 7.17. The van der Waals surface area contributed by atoms with Crippen LogP contribution in [0.4, 0.5) is 0 Å². The van der Waals surface area contributed by atoms with Crippen LogP contribution in [0.3, 0.4) is 0 Å². The number of aromatic nitrogens is 2. The van der Waals surface area contributed by atoms with E-state index in [1.807, 2.05) is 0 Å². The number of benzene rings is 1. The van der Waals surface area contributed by atoms with Crippen molar-refractivity contribution >= 4 is 26.8 Å². The Morgan fingerprint density at radius 2 is 2.00 bits per heavy atom. The zero-order valence-corrected chi connectivity index (χ0v) is 11.7. The maximum Gasteiger partial charge on any atom is 0.0937 e. The van der Waals surface area contributed by atoms with Gasteiger partial charge < -0.3 is 0 Å². The molecule has 2 nitrogen and oxygen atoms in total. The molecule has 1 saturated carbocycles. The molecule has 1 aliphatic carbocycles. The van der Waals surface area contributed by atoms with Gasteiger partial charge in [0.05, 0.1) is 5.52 Å². The fraction of sp³-hybridized carbons (Fsp3) is 0.500. The number of hydrogen-bond donors (Lipinski definition) is 0. The highest BCUT2D eigenvalue weighted by molar-refractivity contribution is 9.10. The lowest BCUT2D eigenvalue weighted by Crippen LogP contribution is -2.09. The van der Waals surface area contributed by atoms with Gasteiger partial charge in [0.25, 0.3) is 0 Å². The Kier molecular flexibility index (Phi) is 2.95. The summed E-state index contributed by atoms with van der Waals surface area (Å²) in [6, 6.07) is 6.44. The van der Waals surface area contributed by atoms with Gasteiger partial charge in [-0.25, -0.2) is 0 Å². The third-order valence-electron chi connectivity index (χ3n) is 3.83. The predicted molar refractivity (Wildman–Crippen MR) is 74.2 cm³/mol. The minimum atomic E-state index is 0.708. The molecule has 1 fully saturated rings. The molecule has 1 aliphatic rings. The summed E-state index contributed by atoms with van der Waals surface area (Å²) in [4.78, 5) is 0. The summed E-state index contributed by atoms with van der Waals surface area (Å²) in [5, 5.41) is 5.97. The maximum atomic E-state index is 4.64. The van der Waals surface area contributed by atoms with Crippen molar-refractivity contribution in [3.63, 3.8) is 0 Å². The molecule has 3 heteroatoms. The second-order valence-corrected chi connectivity index (χ2v) is 5.92. The lowest BCUT2D eigenvalue weighted by molar-refractivity contribution is 0.426. The molecule has 2 aromatic rings. The van der Waals surface area contributed by atoms with Gasteiger partial charge in [0, 0.05) is 28.5 Å². The number of rotatable bonds is 1. The third-order valence-corrected chi connectivity index (χ3v) is 4.33. The van der Waals surface area contributed by atoms with Crippen molar-refractivity contribution in [2.45, 2.75) is 38.0 Å². The highest BCUT2D eigenvalue weighted by Gasteiger charge is 2.21. The molecule has 0 spiro atoms. The topological polar surface area (TPSA) is 17.8 Å². The highest BCUT2D eigenvalue weighted by Crippen LogP contribution is 2.36. The van der Waals surface area contributed by atoms with Crippen molar-refractivity contribution < 1.29 is 0 Å². The Morgan fingerprint density at radius 1 is 1.24 bits per heavy atom. The minimum Gasteiger partial charge on any atom is -0.271 e. The molecular formula is C14H17BrN2. The molecule has 1 aromatic heterocycles. The molecule has 0 saturated heterocycles. The zero-order valence-electron chi connectivity index (χ0n) is 10.1. The van der Waals surface area contributed by atoms with Gasteiger partial charge in [0.15, 0.2) is 0 Å². The number of aryl methyl sites for hydroxylation is 1. The number of hydrogen-bond acceptors (Lipinski definition) is 1. The van der Waals surface area contributed by atoms with Crippen LogP contribution in [0.2, 0.25) is 0 Å². The van der Waals surface area contributed by atoms with Gasteiger partial charge in [0.2, 0.25) is 0 Å². The Balaban J connectivity index is 2.11. The Morgan fingerprint density at radius 3 is 2.76 bits per heavy atom. The lowest BCUT2D eigenvalue weighted by atomic mass is 9.86. The summed E-state index contributed by atoms with van der Waals surface area (Å²) >= 11 is 3.51. The SMILES string of the molecule is Cn1nc2cc(Br)ccc2c1C1CCCCC1. The molecule has 0 N–H and O–H groups in total. The van der Waals surface area contributed by atoms with Gasteiger partial charge >= 0.3 is 0 Å². The van der Waals surface area contributed by atoms with Crippen LogP contribution in [0.15, 0.2) is 22.7 Å². The molecule has 0 bridgehead atoms. The Bertz CT molecular complexity index is 538. The van der Waals surface area contributed by atoms with Crippen LogP contribution >= 0.6 is 15.9 Å². The molecule has 1 aromatic carbocycles. The molecule has 1 heterocycles. The van der Waals surface area contributed by atoms with Gasteiger partial charge in [-0.05, 0) is 31.0 Å². The van der Waals surface area contributed by atoms with Crippen molar-refractivity contribution in [1.29, 1.82) is 0 Å². The molecule has 0 amide bonds. The van der Waals surface area contributed by atoms with E-state index in [-0.39, 0.29) is 0 Å². The third kappa shape index (κ3) is 2.01. The second kappa shape index (κ2) is 4.45. The maximum absolute atomic E-state index is 4.64. The Hall–Kier alpha value is -0.830. The molecule has 3 rings (SSSR count). The largest absolute Gasteiger partial charge is 0.271 e. The van der Waals surface area contributed by atoms with E-state index in [1.165, 1.54) is 43.2 Å². The number of fused-ring (bicyclic) bond motifs is 1. The summed E-state index contributed by atoms with van der Waals surface area (Å²) in [5.74, 6) is 0.708. The summed E-state index contributed by atoms with van der Waals surface area (Å²) in [7, 11) is 2.08. The van der Waals surface area contributed by atoms with Gasteiger partial charge in [-0.1, -0.05) is 35.2 Å². The highest BCUT2D eigenvalue weighted by atomic mass is 79.9. The van der Waals surface area contributed by atoms with Gasteiger partial charge in [-0.15, -0.1) is 0 Å². The quantitative estimate of drug-likeness (QED) is 0.762. The van der Waals surface area contributed by atoms with E-state index < -0.39 is 0 Å². The first kappa shape index (κ1) is 11.3. The molecule has 0 unspecified atom stereocenters. The van der Waals surface area contributed by atoms with Crippen LogP contribution in [0.5, 0.6) is 0 Å². The molecule has 0 aliphatic heterocycles. The Labute approximate surface area is 110 Å². The van der Waals surface area contributed by atoms with Crippen LogP contribution in [-0.4, -0.2) is 9.78 Å². The molecule has 17 heavy (non-hydrogen) atoms. The van der Waals surface area contributed by atoms with Crippen molar-refractivity contribution in [2.24, 2.45) is 7.05 Å². The van der Waals surface area contributed by atoms with E-state index >= 15 is 0 Å². The number of nitrogens with zero attached hydrogens (tertiary/aromatic N) is 2. The predicted octanol–water partition coefficient (Wildman–Crippen LogP) is 4.38. The zero-order chi connectivity index (χ0) is 11.8. The van der Waals surface area contributed by atoms with E-state index in [9.17, 15) is 0 Å².